The third kappa shape index (κ3) is 2.85. The second-order valence-electron chi connectivity index (χ2n) is 4.57. The van der Waals surface area contributed by atoms with E-state index >= 15 is 0 Å². The lowest BCUT2D eigenvalue weighted by Crippen LogP contribution is -2.45. The maximum atomic E-state index is 5.72. The summed E-state index contributed by atoms with van der Waals surface area (Å²) in [4.78, 5) is 11.1. The van der Waals surface area contributed by atoms with Crippen molar-refractivity contribution in [3.8, 4) is 0 Å². The number of morpholine rings is 1. The molecule has 0 aromatic carbocycles. The molecule has 1 aromatic rings. The highest BCUT2D eigenvalue weighted by atomic mass is 16.5. The molecule has 5 nitrogen and oxygen atoms in total. The Morgan fingerprint density at radius 2 is 1.94 bits per heavy atom. The molecule has 1 aliphatic rings. The maximum absolute atomic E-state index is 5.72. The number of anilines is 2. The van der Waals surface area contributed by atoms with Gasteiger partial charge in [-0.3, -0.25) is 0 Å². The van der Waals surface area contributed by atoms with Gasteiger partial charge in [0.15, 0.2) is 0 Å². The summed E-state index contributed by atoms with van der Waals surface area (Å²) in [5.74, 6) is 2.63. The van der Waals surface area contributed by atoms with E-state index in [1.54, 1.807) is 0 Å². The van der Waals surface area contributed by atoms with Crippen molar-refractivity contribution in [3.63, 3.8) is 0 Å². The Labute approximate surface area is 102 Å². The zero-order valence-electron chi connectivity index (χ0n) is 10.9. The fraction of sp³-hybridized carbons (Fsp3) is 0.667. The van der Waals surface area contributed by atoms with E-state index in [1.807, 2.05) is 20.0 Å². The maximum Gasteiger partial charge on any atom is 0.134 e. The van der Waals surface area contributed by atoms with E-state index in [0.717, 1.165) is 30.5 Å². The molecule has 1 aliphatic heterocycles. The second kappa shape index (κ2) is 4.87. The normalized spacial score (nSPS) is 24.8. The van der Waals surface area contributed by atoms with Gasteiger partial charge in [-0.15, -0.1) is 0 Å². The van der Waals surface area contributed by atoms with Crippen LogP contribution in [0.2, 0.25) is 0 Å². The van der Waals surface area contributed by atoms with Crippen molar-refractivity contribution in [2.45, 2.75) is 33.0 Å². The van der Waals surface area contributed by atoms with Crippen LogP contribution in [-0.4, -0.2) is 42.3 Å². The molecule has 2 atom stereocenters. The molecule has 0 saturated carbocycles. The van der Waals surface area contributed by atoms with Crippen molar-refractivity contribution in [1.82, 2.24) is 9.97 Å². The number of rotatable bonds is 2. The van der Waals surface area contributed by atoms with E-state index in [-0.39, 0.29) is 12.2 Å². The van der Waals surface area contributed by atoms with E-state index in [9.17, 15) is 0 Å². The zero-order chi connectivity index (χ0) is 12.4. The number of aromatic nitrogens is 2. The number of hydrogen-bond acceptors (Lipinski definition) is 5. The fourth-order valence-electron chi connectivity index (χ4n) is 2.21. The van der Waals surface area contributed by atoms with Crippen molar-refractivity contribution in [2.75, 3.05) is 30.4 Å². The van der Waals surface area contributed by atoms with Crippen molar-refractivity contribution in [2.24, 2.45) is 0 Å². The van der Waals surface area contributed by atoms with Crippen LogP contribution in [0.1, 0.15) is 19.7 Å². The topological polar surface area (TPSA) is 50.3 Å². The number of ether oxygens (including phenoxy) is 1. The van der Waals surface area contributed by atoms with Crippen LogP contribution in [0.3, 0.4) is 0 Å². The lowest BCUT2D eigenvalue weighted by molar-refractivity contribution is -0.00547. The van der Waals surface area contributed by atoms with Gasteiger partial charge in [-0.1, -0.05) is 0 Å². The van der Waals surface area contributed by atoms with Gasteiger partial charge < -0.3 is 15.0 Å². The number of nitrogens with one attached hydrogen (secondary N) is 1. The van der Waals surface area contributed by atoms with Crippen molar-refractivity contribution >= 4 is 11.6 Å². The average molecular weight is 236 g/mol. The molecule has 0 bridgehead atoms. The predicted molar refractivity (Wildman–Crippen MR) is 68.5 cm³/mol. The molecule has 1 fully saturated rings. The predicted octanol–water partition coefficient (Wildman–Crippen LogP) is 1.44. The first-order chi connectivity index (χ1) is 8.08. The highest BCUT2D eigenvalue weighted by Gasteiger charge is 2.23. The Kier molecular flexibility index (Phi) is 3.47. The summed E-state index contributed by atoms with van der Waals surface area (Å²) in [6.07, 6.45) is 0.485. The summed E-state index contributed by atoms with van der Waals surface area (Å²) in [7, 11) is 1.87. The fourth-order valence-corrected chi connectivity index (χ4v) is 2.21. The number of hydrogen-bond donors (Lipinski definition) is 1. The largest absolute Gasteiger partial charge is 0.373 e. The first-order valence-corrected chi connectivity index (χ1v) is 6.02. The zero-order valence-corrected chi connectivity index (χ0v) is 10.9. The van der Waals surface area contributed by atoms with Gasteiger partial charge in [-0.05, 0) is 20.8 Å². The van der Waals surface area contributed by atoms with Gasteiger partial charge in [0.05, 0.1) is 12.2 Å². The Balaban J connectivity index is 2.23. The molecular weight excluding hydrogens is 216 g/mol. The Hall–Kier alpha value is -1.36. The quantitative estimate of drug-likeness (QED) is 0.842. The van der Waals surface area contributed by atoms with E-state index < -0.39 is 0 Å². The minimum Gasteiger partial charge on any atom is -0.373 e. The van der Waals surface area contributed by atoms with Crippen molar-refractivity contribution < 1.29 is 4.74 Å². The molecule has 0 radical (unpaired) electrons. The molecule has 17 heavy (non-hydrogen) atoms. The van der Waals surface area contributed by atoms with Crippen LogP contribution in [0.15, 0.2) is 6.07 Å². The Bertz CT molecular complexity index is 386. The lowest BCUT2D eigenvalue weighted by Gasteiger charge is -2.36. The molecule has 2 heterocycles. The lowest BCUT2D eigenvalue weighted by atomic mass is 10.2. The summed E-state index contributed by atoms with van der Waals surface area (Å²) in [5, 5.41) is 3.06. The molecule has 0 aliphatic carbocycles. The highest BCUT2D eigenvalue weighted by molar-refractivity contribution is 5.49. The van der Waals surface area contributed by atoms with Crippen LogP contribution in [0, 0.1) is 6.92 Å². The second-order valence-corrected chi connectivity index (χ2v) is 4.57. The van der Waals surface area contributed by atoms with Crippen LogP contribution in [0.25, 0.3) is 0 Å². The first-order valence-electron chi connectivity index (χ1n) is 6.02. The summed E-state index contributed by atoms with van der Waals surface area (Å²) in [6, 6.07) is 1.98. The molecule has 1 N–H and O–H groups in total. The van der Waals surface area contributed by atoms with Gasteiger partial charge in [0.1, 0.15) is 17.5 Å². The monoisotopic (exact) mass is 236 g/mol. The number of nitrogens with zero attached hydrogens (tertiary/aromatic N) is 3. The molecule has 1 aromatic heterocycles. The smallest absolute Gasteiger partial charge is 0.134 e. The molecule has 2 rings (SSSR count). The molecular formula is C12H20N4O. The van der Waals surface area contributed by atoms with Crippen LogP contribution >= 0.6 is 0 Å². The number of aryl methyl sites for hydroxylation is 1. The molecule has 0 amide bonds. The molecule has 1 saturated heterocycles. The van der Waals surface area contributed by atoms with E-state index in [1.165, 1.54) is 0 Å². The van der Waals surface area contributed by atoms with Gasteiger partial charge in [-0.25, -0.2) is 9.97 Å². The first kappa shape index (κ1) is 12.1. The van der Waals surface area contributed by atoms with Gasteiger partial charge in [-0.2, -0.15) is 0 Å². The third-order valence-electron chi connectivity index (χ3n) is 2.82. The van der Waals surface area contributed by atoms with Gasteiger partial charge in [0, 0.05) is 26.2 Å². The van der Waals surface area contributed by atoms with Crippen molar-refractivity contribution in [3.05, 3.63) is 11.9 Å². The minimum atomic E-state index is 0.243. The average Bonchev–Trinajstić information content (AvgIpc) is 2.26. The summed E-state index contributed by atoms with van der Waals surface area (Å²) < 4.78 is 5.72. The molecule has 0 spiro atoms. The standard InChI is InChI=1S/C12H20N4O/c1-8-6-16(7-9(2)17-8)12-5-11(13-4)14-10(3)15-12/h5,8-9H,6-7H2,1-4H3,(H,13,14,15). The molecule has 2 unspecified atom stereocenters. The SMILES string of the molecule is CNc1cc(N2CC(C)OC(C)C2)nc(C)n1. The van der Waals surface area contributed by atoms with E-state index in [0.29, 0.717) is 0 Å². The van der Waals surface area contributed by atoms with Crippen LogP contribution < -0.4 is 10.2 Å². The minimum absolute atomic E-state index is 0.243. The summed E-state index contributed by atoms with van der Waals surface area (Å²) >= 11 is 0. The molecule has 5 heteroatoms. The van der Waals surface area contributed by atoms with Crippen LogP contribution in [0.4, 0.5) is 11.6 Å². The van der Waals surface area contributed by atoms with Gasteiger partial charge in [0.25, 0.3) is 0 Å². The van der Waals surface area contributed by atoms with Crippen molar-refractivity contribution in [1.29, 1.82) is 0 Å². The van der Waals surface area contributed by atoms with Crippen LogP contribution in [0.5, 0.6) is 0 Å². The van der Waals surface area contributed by atoms with E-state index in [2.05, 4.69) is 34.0 Å². The molecule has 94 valence electrons. The summed E-state index contributed by atoms with van der Waals surface area (Å²) in [5.41, 5.74) is 0. The summed E-state index contributed by atoms with van der Waals surface area (Å²) in [6.45, 7) is 7.86. The van der Waals surface area contributed by atoms with Gasteiger partial charge >= 0.3 is 0 Å². The van der Waals surface area contributed by atoms with Crippen LogP contribution in [-0.2, 0) is 4.74 Å². The third-order valence-corrected chi connectivity index (χ3v) is 2.82. The highest BCUT2D eigenvalue weighted by Crippen LogP contribution is 2.20. The van der Waals surface area contributed by atoms with E-state index in [4.69, 9.17) is 4.74 Å². The Morgan fingerprint density at radius 3 is 2.53 bits per heavy atom. The Morgan fingerprint density at radius 1 is 1.29 bits per heavy atom. The van der Waals surface area contributed by atoms with Gasteiger partial charge in [0.2, 0.25) is 0 Å².